The second-order valence-corrected chi connectivity index (χ2v) is 5.78. The first-order valence-electron chi connectivity index (χ1n) is 7.65. The average molecular weight is 326 g/mol. The van der Waals surface area contributed by atoms with Gasteiger partial charge in [-0.1, -0.05) is 30.3 Å². The maximum absolute atomic E-state index is 13.1. The highest BCUT2D eigenvalue weighted by Crippen LogP contribution is 2.20. The second-order valence-electron chi connectivity index (χ2n) is 5.78. The van der Waals surface area contributed by atoms with E-state index in [1.807, 2.05) is 44.2 Å². The molecule has 4 N–H and O–H groups in total. The van der Waals surface area contributed by atoms with Gasteiger partial charge in [0.15, 0.2) is 5.96 Å². The number of nitrogens with one attached hydrogen (secondary N) is 2. The molecule has 1 atom stereocenters. The lowest BCUT2D eigenvalue weighted by Crippen LogP contribution is -2.61. The van der Waals surface area contributed by atoms with Gasteiger partial charge in [-0.05, 0) is 26.0 Å². The van der Waals surface area contributed by atoms with Crippen LogP contribution in [0.4, 0.5) is 4.39 Å². The number of halogens is 1. The maximum Gasteiger partial charge on any atom is 0.215 e. The zero-order valence-corrected chi connectivity index (χ0v) is 13.5. The topological polar surface area (TPSA) is 87.7 Å². The monoisotopic (exact) mass is 326 g/mol. The van der Waals surface area contributed by atoms with Gasteiger partial charge in [-0.15, -0.1) is 0 Å². The molecule has 3 rings (SSSR count). The van der Waals surface area contributed by atoms with Gasteiger partial charge in [0.2, 0.25) is 11.7 Å². The van der Waals surface area contributed by atoms with Crippen molar-refractivity contribution >= 4 is 11.8 Å². The predicted octanol–water partition coefficient (Wildman–Crippen LogP) is 1.69. The molecule has 2 heterocycles. The average Bonchev–Trinajstić information content (AvgIpc) is 2.55. The molecule has 0 amide bonds. The van der Waals surface area contributed by atoms with Gasteiger partial charge in [-0.3, -0.25) is 10.7 Å². The molecule has 6 nitrogen and oxygen atoms in total. The highest BCUT2D eigenvalue weighted by atomic mass is 19.1. The Morgan fingerprint density at radius 2 is 1.92 bits per heavy atom. The normalized spacial score (nSPS) is 22.0. The van der Waals surface area contributed by atoms with E-state index in [4.69, 9.17) is 5.73 Å². The van der Waals surface area contributed by atoms with Gasteiger partial charge in [-0.25, -0.2) is 9.98 Å². The van der Waals surface area contributed by atoms with E-state index in [-0.39, 0.29) is 6.04 Å². The van der Waals surface area contributed by atoms with Crippen LogP contribution in [0.15, 0.2) is 58.6 Å². The zero-order valence-electron chi connectivity index (χ0n) is 13.5. The van der Waals surface area contributed by atoms with E-state index < -0.39 is 11.7 Å². The van der Waals surface area contributed by atoms with E-state index in [0.29, 0.717) is 17.4 Å². The molecule has 7 heteroatoms. The van der Waals surface area contributed by atoms with Crippen LogP contribution in [0, 0.1) is 5.95 Å². The highest BCUT2D eigenvalue weighted by Gasteiger charge is 2.33. The molecular formula is C17H19FN6. The molecule has 2 aromatic rings. The van der Waals surface area contributed by atoms with Crippen molar-refractivity contribution in [3.05, 3.63) is 65.7 Å². The summed E-state index contributed by atoms with van der Waals surface area (Å²) in [5.74, 6) is -0.768. The van der Waals surface area contributed by atoms with Crippen LogP contribution in [0.3, 0.4) is 0 Å². The van der Waals surface area contributed by atoms with E-state index in [9.17, 15) is 4.39 Å². The molecule has 1 unspecified atom stereocenters. The number of pyridine rings is 1. The number of guanidine groups is 1. The Balaban J connectivity index is 2.07. The summed E-state index contributed by atoms with van der Waals surface area (Å²) in [6.45, 7) is 3.92. The van der Waals surface area contributed by atoms with E-state index in [1.165, 1.54) is 12.3 Å². The fourth-order valence-corrected chi connectivity index (χ4v) is 2.35. The van der Waals surface area contributed by atoms with Crippen molar-refractivity contribution < 1.29 is 4.39 Å². The van der Waals surface area contributed by atoms with Gasteiger partial charge >= 0.3 is 0 Å². The van der Waals surface area contributed by atoms with Crippen LogP contribution in [-0.2, 0) is 5.79 Å². The molecule has 1 aromatic carbocycles. The number of rotatable bonds is 3. The van der Waals surface area contributed by atoms with Gasteiger partial charge in [0.1, 0.15) is 5.84 Å². The lowest BCUT2D eigenvalue weighted by molar-refractivity contribution is 0.413. The smallest absolute Gasteiger partial charge is 0.215 e. The van der Waals surface area contributed by atoms with Crippen molar-refractivity contribution in [3.8, 4) is 0 Å². The molecule has 24 heavy (non-hydrogen) atoms. The van der Waals surface area contributed by atoms with Crippen LogP contribution in [0.5, 0.6) is 0 Å². The Hall–Kier alpha value is -2.80. The number of nitrogens with two attached hydrogens (primary N) is 1. The third-order valence-corrected chi connectivity index (χ3v) is 3.44. The largest absolute Gasteiger partial charge is 0.316 e. The van der Waals surface area contributed by atoms with Gasteiger partial charge in [-0.2, -0.15) is 4.39 Å². The van der Waals surface area contributed by atoms with Gasteiger partial charge in [0.05, 0.1) is 0 Å². The second kappa shape index (κ2) is 6.37. The Labute approximate surface area is 139 Å². The van der Waals surface area contributed by atoms with E-state index >= 15 is 0 Å². The van der Waals surface area contributed by atoms with Crippen LogP contribution in [-0.4, -0.2) is 22.8 Å². The standard InChI is InChI=1S/C17H19FN6/c1-11(2)21-16-22-15(12-6-4-3-5-7-12)23-17(19,24-16)13-8-9-14(18)20-10-13/h3-11H,19H2,1-2H3,(H2,21,22,23,24). The fourth-order valence-electron chi connectivity index (χ4n) is 2.35. The summed E-state index contributed by atoms with van der Waals surface area (Å²) in [7, 11) is 0. The molecule has 0 bridgehead atoms. The van der Waals surface area contributed by atoms with Crippen molar-refractivity contribution in [2.45, 2.75) is 25.7 Å². The van der Waals surface area contributed by atoms with Gasteiger partial charge < -0.3 is 10.6 Å². The summed E-state index contributed by atoms with van der Waals surface area (Å²) in [5, 5.41) is 6.22. The quantitative estimate of drug-likeness (QED) is 0.749. The van der Waals surface area contributed by atoms with Crippen LogP contribution >= 0.6 is 0 Å². The third-order valence-electron chi connectivity index (χ3n) is 3.44. The lowest BCUT2D eigenvalue weighted by atomic mass is 10.1. The summed E-state index contributed by atoms with van der Waals surface area (Å²) in [6, 6.07) is 12.5. The molecule has 0 aliphatic carbocycles. The SMILES string of the molecule is CC(C)N=C1NC(c2ccccc2)=NC(N)(c2ccc(F)nc2)N1. The predicted molar refractivity (Wildman–Crippen MR) is 91.9 cm³/mol. The number of hydrogen-bond donors (Lipinski definition) is 3. The molecule has 0 fully saturated rings. The minimum atomic E-state index is -1.29. The van der Waals surface area contributed by atoms with Crippen molar-refractivity contribution in [1.29, 1.82) is 0 Å². The number of aromatic nitrogens is 1. The van der Waals surface area contributed by atoms with E-state index in [1.54, 1.807) is 6.07 Å². The third kappa shape index (κ3) is 3.41. The Kier molecular flexibility index (Phi) is 4.26. The van der Waals surface area contributed by atoms with Crippen LogP contribution in [0.25, 0.3) is 0 Å². The molecule has 0 saturated heterocycles. The maximum atomic E-state index is 13.1. The highest BCUT2D eigenvalue weighted by molar-refractivity contribution is 6.10. The summed E-state index contributed by atoms with van der Waals surface area (Å²) in [6.07, 6.45) is 1.37. The number of benzene rings is 1. The minimum absolute atomic E-state index is 0.0608. The van der Waals surface area contributed by atoms with Gasteiger partial charge in [0.25, 0.3) is 0 Å². The summed E-state index contributed by atoms with van der Waals surface area (Å²) in [5.41, 5.74) is 7.86. The molecule has 1 aliphatic rings. The Bertz CT molecular complexity index is 769. The van der Waals surface area contributed by atoms with E-state index in [0.717, 1.165) is 5.56 Å². The van der Waals surface area contributed by atoms with Crippen LogP contribution in [0.2, 0.25) is 0 Å². The Morgan fingerprint density at radius 1 is 1.17 bits per heavy atom. The molecule has 1 aliphatic heterocycles. The molecular weight excluding hydrogens is 307 g/mol. The first-order valence-corrected chi connectivity index (χ1v) is 7.65. The van der Waals surface area contributed by atoms with Crippen molar-refractivity contribution in [2.75, 3.05) is 0 Å². The molecule has 0 radical (unpaired) electrons. The summed E-state index contributed by atoms with van der Waals surface area (Å²) < 4.78 is 13.1. The number of nitrogens with zero attached hydrogens (tertiary/aromatic N) is 3. The Morgan fingerprint density at radius 3 is 2.54 bits per heavy atom. The summed E-state index contributed by atoms with van der Waals surface area (Å²) >= 11 is 0. The van der Waals surface area contributed by atoms with Crippen molar-refractivity contribution in [3.63, 3.8) is 0 Å². The molecule has 0 saturated carbocycles. The van der Waals surface area contributed by atoms with Crippen LogP contribution < -0.4 is 16.4 Å². The molecule has 124 valence electrons. The zero-order chi connectivity index (χ0) is 17.2. The first kappa shape index (κ1) is 16.1. The number of aliphatic imine (C=N–C) groups is 2. The van der Waals surface area contributed by atoms with Gasteiger partial charge in [0, 0.05) is 23.4 Å². The first-order chi connectivity index (χ1) is 11.5. The molecule has 0 spiro atoms. The molecule has 1 aromatic heterocycles. The van der Waals surface area contributed by atoms with Crippen molar-refractivity contribution in [2.24, 2.45) is 15.7 Å². The minimum Gasteiger partial charge on any atom is -0.316 e. The summed E-state index contributed by atoms with van der Waals surface area (Å²) in [4.78, 5) is 12.7. The van der Waals surface area contributed by atoms with Crippen molar-refractivity contribution in [1.82, 2.24) is 15.6 Å². The number of hydrogen-bond acceptors (Lipinski definition) is 4. The van der Waals surface area contributed by atoms with Crippen LogP contribution in [0.1, 0.15) is 25.0 Å². The number of amidine groups is 1. The lowest BCUT2D eigenvalue weighted by Gasteiger charge is -2.34. The fraction of sp³-hybridized carbons (Fsp3) is 0.235. The van der Waals surface area contributed by atoms with E-state index in [2.05, 4.69) is 25.6 Å².